The molecule has 3 aromatic carbocycles. The van der Waals surface area contributed by atoms with Crippen LogP contribution in [0.3, 0.4) is 0 Å². The van der Waals surface area contributed by atoms with Crippen molar-refractivity contribution in [2.24, 2.45) is 0 Å². The number of halogens is 1. The van der Waals surface area contributed by atoms with Crippen LogP contribution < -0.4 is 4.90 Å². The van der Waals surface area contributed by atoms with Crippen molar-refractivity contribution < 1.29 is 9.59 Å². The average molecular weight is 509 g/mol. The van der Waals surface area contributed by atoms with Crippen molar-refractivity contribution in [3.8, 4) is 0 Å². The summed E-state index contributed by atoms with van der Waals surface area (Å²) in [5, 5.41) is 0.568. The van der Waals surface area contributed by atoms with Gasteiger partial charge in [0, 0.05) is 27.8 Å². The SMILES string of the molecule is O=C1/C(=C/c2ccccc2Cl)SC(=S)N1CCC(=O)N1c2ccccc2Sc2ccccc21. The summed E-state index contributed by atoms with van der Waals surface area (Å²) >= 11 is 14.6. The van der Waals surface area contributed by atoms with Gasteiger partial charge in [-0.05, 0) is 42.0 Å². The predicted molar refractivity (Wildman–Crippen MR) is 140 cm³/mol. The summed E-state index contributed by atoms with van der Waals surface area (Å²) in [6.45, 7) is 0.220. The number of rotatable bonds is 4. The molecule has 0 N–H and O–H groups in total. The molecule has 4 nitrogen and oxygen atoms in total. The van der Waals surface area contributed by atoms with Gasteiger partial charge in [0.1, 0.15) is 4.32 Å². The lowest BCUT2D eigenvalue weighted by molar-refractivity contribution is -0.123. The van der Waals surface area contributed by atoms with Gasteiger partial charge in [-0.15, -0.1) is 0 Å². The number of amides is 2. The number of thiocarbonyl (C=S) groups is 1. The lowest BCUT2D eigenvalue weighted by Crippen LogP contribution is -2.35. The Kier molecular flexibility index (Phi) is 6.29. The highest BCUT2D eigenvalue weighted by molar-refractivity contribution is 8.26. The van der Waals surface area contributed by atoms with Crippen LogP contribution >= 0.6 is 47.3 Å². The molecule has 0 bridgehead atoms. The van der Waals surface area contributed by atoms with Crippen LogP contribution in [0.1, 0.15) is 12.0 Å². The standard InChI is InChI=1S/C25H17ClN2O2S3/c26-17-8-2-1-7-16(17)15-22-24(30)27(25(31)33-22)14-13-23(29)28-18-9-3-5-11-20(18)32-21-12-6-4-10-19(21)28/h1-12,15H,13-14H2/b22-15-. The molecule has 0 saturated carbocycles. The van der Waals surface area contributed by atoms with E-state index in [0.29, 0.717) is 14.2 Å². The summed E-state index contributed by atoms with van der Waals surface area (Å²) in [4.78, 5) is 32.2. The zero-order chi connectivity index (χ0) is 22.9. The van der Waals surface area contributed by atoms with E-state index in [4.69, 9.17) is 23.8 Å². The van der Waals surface area contributed by atoms with E-state index in [2.05, 4.69) is 0 Å². The first-order chi connectivity index (χ1) is 16.0. The number of benzene rings is 3. The van der Waals surface area contributed by atoms with Gasteiger partial charge < -0.3 is 0 Å². The molecule has 1 fully saturated rings. The molecule has 33 heavy (non-hydrogen) atoms. The Bertz CT molecular complexity index is 1280. The summed E-state index contributed by atoms with van der Waals surface area (Å²) in [6.07, 6.45) is 1.90. The molecule has 5 rings (SSSR count). The molecule has 0 aliphatic carbocycles. The zero-order valence-electron chi connectivity index (χ0n) is 17.2. The van der Waals surface area contributed by atoms with Gasteiger partial charge in [0.15, 0.2) is 0 Å². The third-order valence-electron chi connectivity index (χ3n) is 5.30. The summed E-state index contributed by atoms with van der Waals surface area (Å²) in [7, 11) is 0. The normalized spacial score (nSPS) is 16.2. The fourth-order valence-corrected chi connectivity index (χ4v) is 6.27. The first kappa shape index (κ1) is 22.2. The van der Waals surface area contributed by atoms with Crippen molar-refractivity contribution >= 4 is 80.9 Å². The molecular weight excluding hydrogens is 492 g/mol. The lowest BCUT2D eigenvalue weighted by atomic mass is 10.2. The summed E-state index contributed by atoms with van der Waals surface area (Å²) < 4.78 is 0.445. The number of para-hydroxylation sites is 2. The number of nitrogens with zero attached hydrogens (tertiary/aromatic N) is 2. The number of carbonyl (C=O) groups is 2. The van der Waals surface area contributed by atoms with Crippen molar-refractivity contribution in [3.05, 3.63) is 88.3 Å². The Hall–Kier alpha value is -2.58. The minimum atomic E-state index is -0.201. The second-order valence-corrected chi connectivity index (χ2v) is 10.5. The molecule has 8 heteroatoms. The van der Waals surface area contributed by atoms with E-state index >= 15 is 0 Å². The Morgan fingerprint density at radius 1 is 0.909 bits per heavy atom. The summed E-state index contributed by atoms with van der Waals surface area (Å²) in [5.74, 6) is -0.285. The first-order valence-electron chi connectivity index (χ1n) is 10.2. The van der Waals surface area contributed by atoms with Gasteiger partial charge in [0.05, 0.1) is 16.3 Å². The molecule has 2 heterocycles. The minimum absolute atomic E-state index is 0.0840. The fraction of sp³-hybridized carbons (Fsp3) is 0.0800. The van der Waals surface area contributed by atoms with E-state index in [1.165, 1.54) is 16.7 Å². The monoisotopic (exact) mass is 508 g/mol. The smallest absolute Gasteiger partial charge is 0.266 e. The largest absolute Gasteiger partial charge is 0.292 e. The van der Waals surface area contributed by atoms with Crippen molar-refractivity contribution in [1.82, 2.24) is 4.90 Å². The number of fused-ring (bicyclic) bond motifs is 2. The number of thioether (sulfide) groups is 1. The van der Waals surface area contributed by atoms with Crippen LogP contribution in [-0.4, -0.2) is 27.6 Å². The molecule has 0 aromatic heterocycles. The predicted octanol–water partition coefficient (Wildman–Crippen LogP) is 6.76. The van der Waals surface area contributed by atoms with E-state index in [1.807, 2.05) is 66.7 Å². The molecule has 0 unspecified atom stereocenters. The van der Waals surface area contributed by atoms with E-state index in [1.54, 1.807) is 28.8 Å². The highest BCUT2D eigenvalue weighted by atomic mass is 35.5. The van der Waals surface area contributed by atoms with Crippen LogP contribution in [0.4, 0.5) is 11.4 Å². The molecule has 1 saturated heterocycles. The second kappa shape index (κ2) is 9.35. The van der Waals surface area contributed by atoms with Gasteiger partial charge in [-0.1, -0.05) is 89.8 Å². The summed E-state index contributed by atoms with van der Waals surface area (Å²) in [6, 6.07) is 23.0. The lowest BCUT2D eigenvalue weighted by Gasteiger charge is -2.31. The van der Waals surface area contributed by atoms with Crippen LogP contribution in [0.5, 0.6) is 0 Å². The van der Waals surface area contributed by atoms with Crippen LogP contribution in [0.2, 0.25) is 5.02 Å². The quantitative estimate of drug-likeness (QED) is 0.287. The van der Waals surface area contributed by atoms with Gasteiger partial charge >= 0.3 is 0 Å². The van der Waals surface area contributed by atoms with Crippen molar-refractivity contribution in [3.63, 3.8) is 0 Å². The van der Waals surface area contributed by atoms with Gasteiger partial charge in [-0.25, -0.2) is 0 Å². The molecule has 2 amide bonds. The number of hydrogen-bond acceptors (Lipinski definition) is 5. The van der Waals surface area contributed by atoms with Gasteiger partial charge in [0.25, 0.3) is 5.91 Å². The third-order valence-corrected chi connectivity index (χ3v) is 8.15. The van der Waals surface area contributed by atoms with Crippen LogP contribution in [0.25, 0.3) is 6.08 Å². The molecular formula is C25H17ClN2O2S3. The molecule has 2 aliphatic heterocycles. The molecule has 0 radical (unpaired) electrons. The zero-order valence-corrected chi connectivity index (χ0v) is 20.4. The highest BCUT2D eigenvalue weighted by Gasteiger charge is 2.34. The molecule has 3 aromatic rings. The first-order valence-corrected chi connectivity index (χ1v) is 12.6. The minimum Gasteiger partial charge on any atom is -0.292 e. The van der Waals surface area contributed by atoms with Gasteiger partial charge in [-0.3, -0.25) is 19.4 Å². The van der Waals surface area contributed by atoms with E-state index < -0.39 is 0 Å². The van der Waals surface area contributed by atoms with Crippen molar-refractivity contribution in [2.75, 3.05) is 11.4 Å². The highest BCUT2D eigenvalue weighted by Crippen LogP contribution is 2.48. The number of anilines is 2. The maximum atomic E-state index is 13.4. The van der Waals surface area contributed by atoms with E-state index in [-0.39, 0.29) is 24.8 Å². The van der Waals surface area contributed by atoms with Crippen molar-refractivity contribution in [2.45, 2.75) is 16.2 Å². The van der Waals surface area contributed by atoms with Crippen LogP contribution in [0.15, 0.2) is 87.5 Å². The summed E-state index contributed by atoms with van der Waals surface area (Å²) in [5.41, 5.74) is 2.47. The van der Waals surface area contributed by atoms with Crippen LogP contribution in [-0.2, 0) is 9.59 Å². The second-order valence-electron chi connectivity index (χ2n) is 7.37. The fourth-order valence-electron chi connectivity index (χ4n) is 3.72. The molecule has 0 spiro atoms. The molecule has 0 atom stereocenters. The van der Waals surface area contributed by atoms with Crippen LogP contribution in [0, 0.1) is 0 Å². The molecule has 164 valence electrons. The van der Waals surface area contributed by atoms with Crippen molar-refractivity contribution in [1.29, 1.82) is 0 Å². The maximum absolute atomic E-state index is 13.4. The van der Waals surface area contributed by atoms with Gasteiger partial charge in [-0.2, -0.15) is 0 Å². The van der Waals surface area contributed by atoms with E-state index in [0.717, 1.165) is 26.7 Å². The average Bonchev–Trinajstić information content (AvgIpc) is 3.09. The third kappa shape index (κ3) is 4.34. The maximum Gasteiger partial charge on any atom is 0.266 e. The van der Waals surface area contributed by atoms with E-state index in [9.17, 15) is 9.59 Å². The van der Waals surface area contributed by atoms with Gasteiger partial charge in [0.2, 0.25) is 5.91 Å². The Labute approximate surface area is 210 Å². The Morgan fingerprint density at radius 2 is 1.52 bits per heavy atom. The number of carbonyl (C=O) groups excluding carboxylic acids is 2. The number of hydrogen-bond donors (Lipinski definition) is 0. The Morgan fingerprint density at radius 3 is 2.18 bits per heavy atom. The molecule has 2 aliphatic rings. The topological polar surface area (TPSA) is 40.6 Å². The Balaban J connectivity index is 1.35.